The van der Waals surface area contributed by atoms with Gasteiger partial charge >= 0.3 is 5.97 Å². The molecule has 0 aromatic rings. The average molecular weight is 1220 g/mol. The molecule has 16 N–H and O–H groups in total. The van der Waals surface area contributed by atoms with Gasteiger partial charge in [0, 0.05) is 5.41 Å². The van der Waals surface area contributed by atoms with Gasteiger partial charge in [0.05, 0.1) is 56.8 Å². The lowest BCUT2D eigenvalue weighted by Crippen LogP contribution is -2.70. The predicted octanol–water partition coefficient (Wildman–Crippen LogP) is -3.96. The van der Waals surface area contributed by atoms with Crippen molar-refractivity contribution in [1.29, 1.82) is 0 Å². The topological polar surface area (TPSA) is 433 Å². The second-order valence-electron chi connectivity index (χ2n) is 28.2. The van der Waals surface area contributed by atoms with Gasteiger partial charge in [-0.05, 0) is 104 Å². The number of aliphatic hydroxyl groups excluding tert-OH is 16. The van der Waals surface area contributed by atoms with Crippen LogP contribution in [0.15, 0.2) is 11.6 Å². The summed E-state index contributed by atoms with van der Waals surface area (Å²) in [5.41, 5.74) is -2.98. The lowest BCUT2D eigenvalue weighted by atomic mass is 9.33. The largest absolute Gasteiger partial charge is 0.432 e. The van der Waals surface area contributed by atoms with Gasteiger partial charge in [-0.25, -0.2) is 0 Å². The van der Waals surface area contributed by atoms with E-state index in [1.807, 2.05) is 6.92 Å². The lowest BCUT2D eigenvalue weighted by Gasteiger charge is -2.72. The Bertz CT molecular complexity index is 2370. The van der Waals surface area contributed by atoms with Crippen molar-refractivity contribution in [2.45, 2.75) is 260 Å². The van der Waals surface area contributed by atoms with Crippen LogP contribution in [-0.2, 0) is 52.2 Å². The van der Waals surface area contributed by atoms with E-state index in [4.69, 9.17) is 47.4 Å². The number of rotatable bonds is 13. The summed E-state index contributed by atoms with van der Waals surface area (Å²) in [4.78, 5) is 15.4. The Kier molecular flexibility index (Phi) is 18.9. The van der Waals surface area contributed by atoms with E-state index in [1.54, 1.807) is 0 Å². The second kappa shape index (κ2) is 24.4. The molecule has 0 unspecified atom stereocenters. The highest BCUT2D eigenvalue weighted by Crippen LogP contribution is 2.76. The molecule has 488 valence electrons. The maximum atomic E-state index is 15.4. The van der Waals surface area contributed by atoms with Gasteiger partial charge < -0.3 is 129 Å². The lowest BCUT2D eigenvalue weighted by molar-refractivity contribution is -0.377. The molecule has 4 saturated carbocycles. The molecule has 9 fully saturated rings. The molecule has 5 aliphatic carbocycles. The maximum Gasteiger partial charge on any atom is 0.315 e. The smallest absolute Gasteiger partial charge is 0.315 e. The predicted molar refractivity (Wildman–Crippen MR) is 285 cm³/mol. The Morgan fingerprint density at radius 1 is 0.541 bits per heavy atom. The monoisotopic (exact) mass is 1220 g/mol. The first kappa shape index (κ1) is 66.1. The van der Waals surface area contributed by atoms with E-state index in [1.165, 1.54) is 6.92 Å². The Morgan fingerprint density at radius 3 is 1.76 bits per heavy atom. The minimum Gasteiger partial charge on any atom is -0.432 e. The quantitative estimate of drug-likeness (QED) is 0.0475. The van der Waals surface area contributed by atoms with Crippen LogP contribution in [-0.4, -0.2) is 274 Å². The second-order valence-corrected chi connectivity index (χ2v) is 28.2. The van der Waals surface area contributed by atoms with Crippen LogP contribution in [0.5, 0.6) is 0 Å². The van der Waals surface area contributed by atoms with Crippen molar-refractivity contribution in [3.8, 4) is 0 Å². The van der Waals surface area contributed by atoms with Crippen molar-refractivity contribution in [3.05, 3.63) is 11.6 Å². The molecular formula is C58H94O27. The SMILES string of the molecule is C[C@@H]1O[C@@H](O[C@H]2[C@H](OC(=O)[C@]34CCC(C)(C)C[C@H]3C3=CC[C@@H]5[C@@]6(C)C[C@H](O)[C@H](O[C@@H]7O[C@H](CO)[C@@H](O)[C@H](O)[C@H]7O[C@@H]7OC[C@H](O)[C@H](O)[C@H]7O)[C@@](C)(CO)[C@@H]6CC[C@@]5(C)[C@]3(C)CC4)OC[C@H](O)[C@@H]2O)[C@H](O)[C@H](O[C@@H]2O[C@H](CO)[C@@H](O)[C@H](O)[C@H]2O)[C@H]1O. The summed E-state index contributed by atoms with van der Waals surface area (Å²) in [5.74, 6) is -1.33. The number of carbonyl (C=O) groups is 1. The number of ether oxygens (including phenoxy) is 10. The molecule has 0 bridgehead atoms. The molecule has 0 spiro atoms. The average Bonchev–Trinajstić information content (AvgIpc) is 0.697. The first-order valence-electron chi connectivity index (χ1n) is 30.3. The molecule has 10 rings (SSSR count). The van der Waals surface area contributed by atoms with Crippen LogP contribution in [0.25, 0.3) is 0 Å². The molecule has 5 saturated heterocycles. The molecule has 27 nitrogen and oxygen atoms in total. The van der Waals surface area contributed by atoms with Crippen molar-refractivity contribution < 1.29 is 134 Å². The summed E-state index contributed by atoms with van der Waals surface area (Å²) in [6.07, 6.45) is -33.5. The molecule has 10 aliphatic rings. The number of aliphatic hydroxyl groups is 16. The van der Waals surface area contributed by atoms with Gasteiger partial charge in [0.25, 0.3) is 0 Å². The van der Waals surface area contributed by atoms with Crippen LogP contribution in [0.4, 0.5) is 0 Å². The molecule has 0 amide bonds. The zero-order chi connectivity index (χ0) is 62.0. The van der Waals surface area contributed by atoms with E-state index in [0.717, 1.165) is 5.57 Å². The van der Waals surface area contributed by atoms with E-state index in [9.17, 15) is 81.7 Å². The minimum absolute atomic E-state index is 0.0839. The third kappa shape index (κ3) is 11.0. The van der Waals surface area contributed by atoms with Gasteiger partial charge in [0.15, 0.2) is 31.3 Å². The summed E-state index contributed by atoms with van der Waals surface area (Å²) in [6, 6.07) is 0. The van der Waals surface area contributed by atoms with Crippen molar-refractivity contribution >= 4 is 5.97 Å². The summed E-state index contributed by atoms with van der Waals surface area (Å²) in [7, 11) is 0. The first-order chi connectivity index (χ1) is 39.9. The Labute approximate surface area is 493 Å². The zero-order valence-electron chi connectivity index (χ0n) is 49.3. The number of esters is 1. The van der Waals surface area contributed by atoms with Gasteiger partial charge in [-0.15, -0.1) is 0 Å². The fraction of sp³-hybridized carbons (Fsp3) is 0.948. The molecule has 0 aromatic heterocycles. The molecule has 85 heavy (non-hydrogen) atoms. The number of carbonyl (C=O) groups excluding carboxylic acids is 1. The fourth-order valence-electron chi connectivity index (χ4n) is 17.5. The number of allylic oxidation sites excluding steroid dienone is 2. The Balaban J connectivity index is 0.889. The fourth-order valence-corrected chi connectivity index (χ4v) is 17.5. The normalized spacial score (nSPS) is 55.3. The van der Waals surface area contributed by atoms with Crippen LogP contribution in [0.2, 0.25) is 0 Å². The van der Waals surface area contributed by atoms with E-state index >= 15 is 4.79 Å². The van der Waals surface area contributed by atoms with Gasteiger partial charge in [-0.1, -0.05) is 53.2 Å². The summed E-state index contributed by atoms with van der Waals surface area (Å²) >= 11 is 0. The van der Waals surface area contributed by atoms with Gasteiger partial charge in [-0.2, -0.15) is 0 Å². The molecule has 0 radical (unpaired) electrons. The van der Waals surface area contributed by atoms with Gasteiger partial charge in [0.2, 0.25) is 6.29 Å². The maximum absolute atomic E-state index is 15.4. The number of fused-ring (bicyclic) bond motifs is 7. The van der Waals surface area contributed by atoms with E-state index in [-0.39, 0.29) is 29.6 Å². The van der Waals surface area contributed by atoms with Crippen molar-refractivity contribution in [2.24, 2.45) is 50.2 Å². The summed E-state index contributed by atoms with van der Waals surface area (Å²) in [6.45, 7) is 11.4. The molecule has 5 aliphatic heterocycles. The van der Waals surface area contributed by atoms with Crippen molar-refractivity contribution in [1.82, 2.24) is 0 Å². The highest BCUT2D eigenvalue weighted by molar-refractivity contribution is 5.79. The van der Waals surface area contributed by atoms with Crippen molar-refractivity contribution in [3.63, 3.8) is 0 Å². The minimum atomic E-state index is -1.92. The van der Waals surface area contributed by atoms with E-state index in [2.05, 4.69) is 40.7 Å². The van der Waals surface area contributed by atoms with Crippen LogP contribution >= 0.6 is 0 Å². The van der Waals surface area contributed by atoms with E-state index < -0.39 is 220 Å². The summed E-state index contributed by atoms with van der Waals surface area (Å²) in [5, 5.41) is 174. The third-order valence-electron chi connectivity index (χ3n) is 22.8. The standard InChI is InChI=1S/C58H94O27/c1-23-33(65)43(81-48-41(73)38(70)36(68)29(18-59)79-48)42(74)49(78-23)83-44-35(67)28(64)21-77-50(44)85-52(75)58-14-12-53(2,3)16-25(58)24-8-9-32-54(4)17-26(62)46(55(5,22-61)31(54)10-11-57(32,7)56(24,6)13-15-58)84-51-45(39(71)37(69)30(19-60)80-51)82-47-40(72)34(66)27(63)20-76-47/h8,23,25-51,59-74H,9-22H2,1-7H3/t23-,25-,26-,27-,28-,29+,30+,31+,32+,33-,34-,35-,36+,37+,38-,39-,40+,41+,42+,43+,44+,45+,46-,47-,48-,49-,50-,51-,54-,55-,56+,57+,58-/m0/s1. The third-order valence-corrected chi connectivity index (χ3v) is 22.8. The molecule has 5 heterocycles. The van der Waals surface area contributed by atoms with Crippen molar-refractivity contribution in [2.75, 3.05) is 33.0 Å². The van der Waals surface area contributed by atoms with Crippen LogP contribution < -0.4 is 0 Å². The Morgan fingerprint density at radius 2 is 1.11 bits per heavy atom. The molecule has 27 heteroatoms. The first-order valence-corrected chi connectivity index (χ1v) is 30.3. The highest BCUT2D eigenvalue weighted by atomic mass is 16.8. The van der Waals surface area contributed by atoms with Crippen LogP contribution in [0.3, 0.4) is 0 Å². The molecule has 0 aromatic carbocycles. The number of hydrogen-bond acceptors (Lipinski definition) is 27. The Hall–Kier alpha value is -1.79. The van der Waals surface area contributed by atoms with Crippen LogP contribution in [0.1, 0.15) is 106 Å². The van der Waals surface area contributed by atoms with E-state index in [0.29, 0.717) is 51.4 Å². The molecule has 33 atom stereocenters. The van der Waals surface area contributed by atoms with Gasteiger partial charge in [-0.3, -0.25) is 4.79 Å². The van der Waals surface area contributed by atoms with Gasteiger partial charge in [0.1, 0.15) is 97.7 Å². The summed E-state index contributed by atoms with van der Waals surface area (Å²) < 4.78 is 59.7. The zero-order valence-corrected chi connectivity index (χ0v) is 49.3. The number of hydrogen-bond donors (Lipinski definition) is 16. The molecular weight excluding hydrogens is 1130 g/mol. The van der Waals surface area contributed by atoms with Crippen LogP contribution in [0, 0.1) is 50.2 Å². The highest BCUT2D eigenvalue weighted by Gasteiger charge is 2.72.